The maximum absolute atomic E-state index is 13.6. The van der Waals surface area contributed by atoms with Crippen molar-refractivity contribution in [1.29, 1.82) is 10.8 Å². The highest BCUT2D eigenvalue weighted by Gasteiger charge is 2.35. The summed E-state index contributed by atoms with van der Waals surface area (Å²) in [6.45, 7) is 2.66. The van der Waals surface area contributed by atoms with Gasteiger partial charge in [-0.25, -0.2) is 4.98 Å². The quantitative estimate of drug-likeness (QED) is 0.269. The van der Waals surface area contributed by atoms with E-state index in [0.717, 1.165) is 37.2 Å². The zero-order valence-electron chi connectivity index (χ0n) is 19.1. The minimum atomic E-state index is -4.58. The van der Waals surface area contributed by atoms with Crippen molar-refractivity contribution in [2.45, 2.75) is 44.8 Å². The highest BCUT2D eigenvalue weighted by molar-refractivity contribution is 5.96. The summed E-state index contributed by atoms with van der Waals surface area (Å²) >= 11 is 0. The fraction of sp³-hybridized carbons (Fsp3) is 0.417. The zero-order chi connectivity index (χ0) is 24.5. The molecule has 0 saturated heterocycles. The van der Waals surface area contributed by atoms with Gasteiger partial charge in [0.05, 0.1) is 17.5 Å². The van der Waals surface area contributed by atoms with Gasteiger partial charge in [0.15, 0.2) is 0 Å². The van der Waals surface area contributed by atoms with Crippen LogP contribution in [0.15, 0.2) is 30.3 Å². The highest BCUT2D eigenvalue weighted by atomic mass is 19.4. The van der Waals surface area contributed by atoms with Crippen LogP contribution in [-0.4, -0.2) is 45.8 Å². The molecule has 10 heteroatoms. The van der Waals surface area contributed by atoms with E-state index in [4.69, 9.17) is 10.8 Å². The van der Waals surface area contributed by atoms with Gasteiger partial charge in [-0.05, 0) is 43.0 Å². The summed E-state index contributed by atoms with van der Waals surface area (Å²) in [4.78, 5) is 5.34. The summed E-state index contributed by atoms with van der Waals surface area (Å²) in [7, 11) is 1.68. The van der Waals surface area contributed by atoms with Crippen molar-refractivity contribution in [3.05, 3.63) is 47.3 Å². The van der Waals surface area contributed by atoms with E-state index in [1.54, 1.807) is 7.05 Å². The Morgan fingerprint density at radius 3 is 2.71 bits per heavy atom. The number of pyridine rings is 1. The van der Waals surface area contributed by atoms with E-state index in [0.29, 0.717) is 40.5 Å². The number of fused-ring (bicyclic) bond motifs is 1. The predicted molar refractivity (Wildman–Crippen MR) is 126 cm³/mol. The van der Waals surface area contributed by atoms with Gasteiger partial charge in [-0.1, -0.05) is 31.5 Å². The number of nitrogens with one attached hydrogen (secondary N) is 4. The van der Waals surface area contributed by atoms with Crippen LogP contribution in [0.1, 0.15) is 49.1 Å². The van der Waals surface area contributed by atoms with Crippen LogP contribution in [0, 0.1) is 16.7 Å². The minimum absolute atomic E-state index is 0.190. The number of rotatable bonds is 8. The van der Waals surface area contributed by atoms with Crippen molar-refractivity contribution < 1.29 is 13.2 Å². The van der Waals surface area contributed by atoms with Gasteiger partial charge in [0.1, 0.15) is 17.2 Å². The molecule has 0 radical (unpaired) electrons. The SMILES string of the molecule is CCNCc1nc(C(F)(F)F)cc2c(-c3cccc(C(C(=N)N(C)C=N)C4CCC4)c3)n[nH]c12. The van der Waals surface area contributed by atoms with Gasteiger partial charge >= 0.3 is 6.18 Å². The molecule has 2 aromatic heterocycles. The van der Waals surface area contributed by atoms with E-state index in [2.05, 4.69) is 20.5 Å². The Morgan fingerprint density at radius 2 is 2.09 bits per heavy atom. The third kappa shape index (κ3) is 4.54. The lowest BCUT2D eigenvalue weighted by atomic mass is 9.72. The molecule has 2 heterocycles. The van der Waals surface area contributed by atoms with Crippen LogP contribution in [0.5, 0.6) is 0 Å². The molecule has 0 aliphatic heterocycles. The Morgan fingerprint density at radius 1 is 1.32 bits per heavy atom. The summed E-state index contributed by atoms with van der Waals surface area (Å²) in [5, 5.41) is 26.8. The molecule has 7 nitrogen and oxygen atoms in total. The minimum Gasteiger partial charge on any atom is -0.324 e. The summed E-state index contributed by atoms with van der Waals surface area (Å²) in [5.41, 5.74) is 1.78. The number of aromatic nitrogens is 3. The van der Waals surface area contributed by atoms with Gasteiger partial charge in [0.25, 0.3) is 0 Å². The first kappa shape index (κ1) is 23.9. The molecule has 0 amide bonds. The van der Waals surface area contributed by atoms with Crippen LogP contribution in [0.3, 0.4) is 0 Å². The molecule has 3 aromatic rings. The second-order valence-corrected chi connectivity index (χ2v) is 8.65. The molecule has 1 aliphatic carbocycles. The van der Waals surface area contributed by atoms with E-state index in [9.17, 15) is 13.2 Å². The van der Waals surface area contributed by atoms with Crippen LogP contribution < -0.4 is 5.32 Å². The van der Waals surface area contributed by atoms with E-state index < -0.39 is 11.9 Å². The first-order chi connectivity index (χ1) is 16.2. The van der Waals surface area contributed by atoms with E-state index in [-0.39, 0.29) is 18.2 Å². The molecule has 1 fully saturated rings. The average molecular weight is 472 g/mol. The Balaban J connectivity index is 1.81. The van der Waals surface area contributed by atoms with Crippen LogP contribution in [0.4, 0.5) is 13.2 Å². The fourth-order valence-electron chi connectivity index (χ4n) is 4.41. The van der Waals surface area contributed by atoms with E-state index in [1.807, 2.05) is 31.2 Å². The zero-order valence-corrected chi connectivity index (χ0v) is 19.1. The van der Waals surface area contributed by atoms with Gasteiger partial charge in [0, 0.05) is 30.5 Å². The lowest BCUT2D eigenvalue weighted by Crippen LogP contribution is -2.36. The van der Waals surface area contributed by atoms with E-state index in [1.165, 1.54) is 4.90 Å². The number of amidine groups is 1. The van der Waals surface area contributed by atoms with Crippen LogP contribution in [0.25, 0.3) is 22.2 Å². The van der Waals surface area contributed by atoms with Crippen molar-refractivity contribution >= 4 is 23.1 Å². The van der Waals surface area contributed by atoms with Crippen molar-refractivity contribution in [3.8, 4) is 11.3 Å². The number of benzene rings is 1. The largest absolute Gasteiger partial charge is 0.433 e. The third-order valence-electron chi connectivity index (χ3n) is 6.47. The van der Waals surface area contributed by atoms with Gasteiger partial charge in [-0.2, -0.15) is 18.3 Å². The number of hydrogen-bond acceptors (Lipinski definition) is 5. The first-order valence-corrected chi connectivity index (χ1v) is 11.3. The molecule has 1 aliphatic rings. The Kier molecular flexibility index (Phi) is 6.70. The van der Waals surface area contributed by atoms with Gasteiger partial charge in [0.2, 0.25) is 0 Å². The topological polar surface area (TPSA) is 105 Å². The molecular weight excluding hydrogens is 443 g/mol. The fourth-order valence-corrected chi connectivity index (χ4v) is 4.41. The van der Waals surface area contributed by atoms with Gasteiger partial charge in [-0.3, -0.25) is 15.9 Å². The average Bonchev–Trinajstić information content (AvgIpc) is 3.22. The Labute approximate surface area is 195 Å². The second kappa shape index (κ2) is 9.54. The van der Waals surface area contributed by atoms with Crippen molar-refractivity contribution in [2.24, 2.45) is 5.92 Å². The maximum atomic E-state index is 13.6. The number of aromatic amines is 1. The van der Waals surface area contributed by atoms with E-state index >= 15 is 0 Å². The summed E-state index contributed by atoms with van der Waals surface area (Å²) in [5.74, 6) is 0.441. The lowest BCUT2D eigenvalue weighted by molar-refractivity contribution is -0.141. The molecule has 4 rings (SSSR count). The summed E-state index contributed by atoms with van der Waals surface area (Å²) in [6.07, 6.45) is -0.343. The van der Waals surface area contributed by atoms with Gasteiger partial charge in [-0.15, -0.1) is 0 Å². The predicted octanol–water partition coefficient (Wildman–Crippen LogP) is 5.15. The Hall–Kier alpha value is -3.27. The Bertz CT molecular complexity index is 1200. The lowest BCUT2D eigenvalue weighted by Gasteiger charge is -2.36. The van der Waals surface area contributed by atoms with Crippen molar-refractivity contribution in [3.63, 3.8) is 0 Å². The second-order valence-electron chi connectivity index (χ2n) is 8.65. The smallest absolute Gasteiger partial charge is 0.324 e. The molecule has 180 valence electrons. The molecular formula is C24H28F3N7. The van der Waals surface area contributed by atoms with Crippen LogP contribution in [-0.2, 0) is 12.7 Å². The number of H-pyrrole nitrogens is 1. The number of hydrogen-bond donors (Lipinski definition) is 4. The van der Waals surface area contributed by atoms with Crippen molar-refractivity contribution in [2.75, 3.05) is 13.6 Å². The molecule has 0 spiro atoms. The molecule has 1 aromatic carbocycles. The van der Waals surface area contributed by atoms with Crippen LogP contribution >= 0.6 is 0 Å². The molecule has 4 N–H and O–H groups in total. The van der Waals surface area contributed by atoms with Crippen LogP contribution in [0.2, 0.25) is 0 Å². The summed E-state index contributed by atoms with van der Waals surface area (Å²) in [6, 6.07) is 8.55. The molecule has 0 bridgehead atoms. The number of halogens is 3. The summed E-state index contributed by atoms with van der Waals surface area (Å²) < 4.78 is 40.8. The maximum Gasteiger partial charge on any atom is 0.433 e. The monoisotopic (exact) mass is 471 g/mol. The standard InChI is InChI=1S/C24H28F3N7/c1-3-30-12-18-22-17(11-19(31-18)24(25,26)27)21(32-33-22)16-9-5-8-15(10-16)20(14-6-4-7-14)23(29)34(2)13-28/h5,8-11,13-14,20,28-30H,3-4,6-7,12H2,1-2H3,(H,32,33). The number of nitrogens with zero attached hydrogens (tertiary/aromatic N) is 3. The number of alkyl halides is 3. The molecule has 1 saturated carbocycles. The normalized spacial score (nSPS) is 15.2. The highest BCUT2D eigenvalue weighted by Crippen LogP contribution is 2.42. The molecule has 1 unspecified atom stereocenters. The van der Waals surface area contributed by atoms with Crippen molar-refractivity contribution in [1.82, 2.24) is 25.4 Å². The van der Waals surface area contributed by atoms with Gasteiger partial charge < -0.3 is 10.2 Å². The third-order valence-corrected chi connectivity index (χ3v) is 6.47. The molecule has 1 atom stereocenters. The molecule has 34 heavy (non-hydrogen) atoms. The number of likely N-dealkylation sites (N-methyl/N-ethyl adjacent to an activating group) is 1. The first-order valence-electron chi connectivity index (χ1n) is 11.3.